The Morgan fingerprint density at radius 1 is 1.38 bits per heavy atom. The smallest absolute Gasteiger partial charge is 0.263 e. The van der Waals surface area contributed by atoms with Gasteiger partial charge in [-0.2, -0.15) is 0 Å². The Bertz CT molecular complexity index is 598. The van der Waals surface area contributed by atoms with Crippen LogP contribution in [0, 0.1) is 0 Å². The van der Waals surface area contributed by atoms with Crippen molar-refractivity contribution >= 4 is 38.6 Å². The highest BCUT2D eigenvalue weighted by molar-refractivity contribution is 9.10. The first-order valence-corrected chi connectivity index (χ1v) is 5.55. The third kappa shape index (κ3) is 1.53. The molecule has 3 rings (SSSR count). The van der Waals surface area contributed by atoms with Gasteiger partial charge in [-0.3, -0.25) is 4.79 Å². The van der Waals surface area contributed by atoms with Crippen molar-refractivity contribution in [3.8, 4) is 5.75 Å². The number of nitrogens with zero attached hydrogens (tertiary/aromatic N) is 1. The van der Waals surface area contributed by atoms with Gasteiger partial charge < -0.3 is 10.1 Å². The Balaban J connectivity index is 2.23. The molecule has 0 atom stereocenters. The fourth-order valence-electron chi connectivity index (χ4n) is 1.63. The van der Waals surface area contributed by atoms with Gasteiger partial charge in [0, 0.05) is 9.86 Å². The van der Waals surface area contributed by atoms with E-state index in [0.717, 1.165) is 15.4 Å². The van der Waals surface area contributed by atoms with Gasteiger partial charge in [0.25, 0.3) is 5.91 Å². The summed E-state index contributed by atoms with van der Waals surface area (Å²) in [6.07, 6.45) is 0. The number of amides is 1. The van der Waals surface area contributed by atoms with E-state index < -0.39 is 0 Å². The number of carbonyl (C=O) groups excluding carboxylic acids is 1. The molecule has 80 valence electrons. The van der Waals surface area contributed by atoms with Gasteiger partial charge in [-0.1, -0.05) is 22.0 Å². The van der Waals surface area contributed by atoms with Crippen LogP contribution in [0.2, 0.25) is 0 Å². The van der Waals surface area contributed by atoms with E-state index in [1.807, 2.05) is 24.3 Å². The van der Waals surface area contributed by atoms with Gasteiger partial charge >= 0.3 is 0 Å². The Labute approximate surface area is 99.7 Å². The van der Waals surface area contributed by atoms with E-state index in [2.05, 4.69) is 26.2 Å². The van der Waals surface area contributed by atoms with Crippen molar-refractivity contribution in [2.75, 3.05) is 11.9 Å². The second-order valence-electron chi connectivity index (χ2n) is 3.51. The number of hydrogen-bond donors (Lipinski definition) is 1. The highest BCUT2D eigenvalue weighted by Crippen LogP contribution is 2.30. The van der Waals surface area contributed by atoms with E-state index in [0.29, 0.717) is 11.6 Å². The molecule has 0 aliphatic carbocycles. The van der Waals surface area contributed by atoms with Crippen LogP contribution in [0.15, 0.2) is 28.7 Å². The van der Waals surface area contributed by atoms with Gasteiger partial charge in [0.1, 0.15) is 0 Å². The van der Waals surface area contributed by atoms with Crippen LogP contribution in [0.3, 0.4) is 0 Å². The van der Waals surface area contributed by atoms with Crippen molar-refractivity contribution in [2.24, 2.45) is 0 Å². The van der Waals surface area contributed by atoms with Crippen molar-refractivity contribution in [3.05, 3.63) is 28.7 Å². The van der Waals surface area contributed by atoms with Crippen LogP contribution in [0.1, 0.15) is 0 Å². The van der Waals surface area contributed by atoms with Crippen molar-refractivity contribution in [1.82, 2.24) is 4.98 Å². The molecule has 0 saturated carbocycles. The van der Waals surface area contributed by atoms with E-state index in [1.54, 1.807) is 0 Å². The minimum atomic E-state index is -0.172. The van der Waals surface area contributed by atoms with Crippen LogP contribution in [0.25, 0.3) is 10.9 Å². The third-order valence-corrected chi connectivity index (χ3v) is 2.85. The average molecular weight is 279 g/mol. The maximum atomic E-state index is 11.1. The molecule has 16 heavy (non-hydrogen) atoms. The molecular weight excluding hydrogens is 272 g/mol. The number of nitrogens with one attached hydrogen (secondary N) is 1. The molecule has 0 fully saturated rings. The molecule has 0 spiro atoms. The number of pyridine rings is 1. The molecule has 1 aromatic heterocycles. The van der Waals surface area contributed by atoms with E-state index in [-0.39, 0.29) is 12.5 Å². The normalized spacial score (nSPS) is 14.2. The zero-order chi connectivity index (χ0) is 11.1. The van der Waals surface area contributed by atoms with Crippen LogP contribution >= 0.6 is 15.9 Å². The molecule has 0 saturated heterocycles. The molecule has 1 N–H and O–H groups in total. The van der Waals surface area contributed by atoms with E-state index in [1.165, 1.54) is 0 Å². The molecule has 1 amide bonds. The number of carbonyl (C=O) groups is 1. The minimum Gasteiger partial charge on any atom is -0.480 e. The van der Waals surface area contributed by atoms with E-state index in [9.17, 15) is 4.79 Å². The molecule has 0 unspecified atom stereocenters. The van der Waals surface area contributed by atoms with Gasteiger partial charge in [0.05, 0.1) is 5.52 Å². The summed E-state index contributed by atoms with van der Waals surface area (Å²) >= 11 is 3.38. The molecule has 0 radical (unpaired) electrons. The molecule has 1 aliphatic rings. The number of benzene rings is 1. The number of anilines is 1. The van der Waals surface area contributed by atoms with Crippen LogP contribution < -0.4 is 10.1 Å². The molecule has 0 bridgehead atoms. The first-order valence-electron chi connectivity index (χ1n) is 4.75. The summed E-state index contributed by atoms with van der Waals surface area (Å²) in [5, 5.41) is 3.67. The molecular formula is C11H7BrN2O2. The highest BCUT2D eigenvalue weighted by Gasteiger charge is 2.17. The molecule has 4 nitrogen and oxygen atoms in total. The van der Waals surface area contributed by atoms with Gasteiger partial charge in [-0.05, 0) is 18.2 Å². The average Bonchev–Trinajstić information content (AvgIpc) is 2.26. The molecule has 1 aliphatic heterocycles. The van der Waals surface area contributed by atoms with Crippen LogP contribution in [0.4, 0.5) is 5.82 Å². The molecule has 5 heteroatoms. The Morgan fingerprint density at radius 2 is 2.25 bits per heavy atom. The van der Waals surface area contributed by atoms with Crippen molar-refractivity contribution in [1.29, 1.82) is 0 Å². The second kappa shape index (κ2) is 3.45. The monoisotopic (exact) mass is 278 g/mol. The maximum absolute atomic E-state index is 11.1. The first kappa shape index (κ1) is 9.59. The zero-order valence-electron chi connectivity index (χ0n) is 8.16. The van der Waals surface area contributed by atoms with Crippen LogP contribution in [0.5, 0.6) is 5.75 Å². The first-order chi connectivity index (χ1) is 7.72. The Morgan fingerprint density at radius 3 is 3.12 bits per heavy atom. The Kier molecular flexibility index (Phi) is 2.07. The summed E-state index contributed by atoms with van der Waals surface area (Å²) in [5.41, 5.74) is 0.818. The summed E-state index contributed by atoms with van der Waals surface area (Å²) < 4.78 is 6.24. The lowest BCUT2D eigenvalue weighted by molar-refractivity contribution is -0.118. The van der Waals surface area contributed by atoms with Crippen LogP contribution in [-0.2, 0) is 4.79 Å². The fourth-order valence-corrected chi connectivity index (χ4v) is 1.98. The third-order valence-electron chi connectivity index (χ3n) is 2.36. The number of halogens is 1. The maximum Gasteiger partial charge on any atom is 0.263 e. The lowest BCUT2D eigenvalue weighted by Crippen LogP contribution is -2.26. The minimum absolute atomic E-state index is 0.0523. The SMILES string of the molecule is O=C1COc2cc3ccc(Br)cc3nc2N1. The summed E-state index contributed by atoms with van der Waals surface area (Å²) in [7, 11) is 0. The number of aromatic nitrogens is 1. The molecule has 1 aromatic carbocycles. The predicted molar refractivity (Wildman–Crippen MR) is 63.6 cm³/mol. The molecule has 2 heterocycles. The van der Waals surface area contributed by atoms with Gasteiger partial charge in [-0.25, -0.2) is 4.98 Å². The number of rotatable bonds is 0. The topological polar surface area (TPSA) is 51.2 Å². The number of ether oxygens (including phenoxy) is 1. The predicted octanol–water partition coefficient (Wildman–Crippen LogP) is 2.33. The highest BCUT2D eigenvalue weighted by atomic mass is 79.9. The van der Waals surface area contributed by atoms with Crippen LogP contribution in [-0.4, -0.2) is 17.5 Å². The van der Waals surface area contributed by atoms with E-state index in [4.69, 9.17) is 4.74 Å². The van der Waals surface area contributed by atoms with Gasteiger partial charge in [-0.15, -0.1) is 0 Å². The Hall–Kier alpha value is -1.62. The van der Waals surface area contributed by atoms with Gasteiger partial charge in [0.2, 0.25) is 0 Å². The van der Waals surface area contributed by atoms with Gasteiger partial charge in [0.15, 0.2) is 18.2 Å². The summed E-state index contributed by atoms with van der Waals surface area (Å²) in [6.45, 7) is 0.0523. The largest absolute Gasteiger partial charge is 0.480 e. The van der Waals surface area contributed by atoms with Crippen molar-refractivity contribution in [2.45, 2.75) is 0 Å². The van der Waals surface area contributed by atoms with Crippen molar-refractivity contribution < 1.29 is 9.53 Å². The lowest BCUT2D eigenvalue weighted by Gasteiger charge is -2.17. The quantitative estimate of drug-likeness (QED) is 0.805. The zero-order valence-corrected chi connectivity index (χ0v) is 9.74. The fraction of sp³-hybridized carbons (Fsp3) is 0.0909. The van der Waals surface area contributed by atoms with Crippen molar-refractivity contribution in [3.63, 3.8) is 0 Å². The van der Waals surface area contributed by atoms with E-state index >= 15 is 0 Å². The lowest BCUT2D eigenvalue weighted by atomic mass is 10.2. The summed E-state index contributed by atoms with van der Waals surface area (Å²) in [4.78, 5) is 15.5. The number of fused-ring (bicyclic) bond motifs is 2. The summed E-state index contributed by atoms with van der Waals surface area (Å²) in [5.74, 6) is 0.936. The summed E-state index contributed by atoms with van der Waals surface area (Å²) in [6, 6.07) is 7.67. The standard InChI is InChI=1S/C11H7BrN2O2/c12-7-2-1-6-3-9-11(13-8(6)4-7)14-10(15)5-16-9/h1-4H,5H2,(H,13,14,15). The number of hydrogen-bond acceptors (Lipinski definition) is 3. The molecule has 2 aromatic rings. The second-order valence-corrected chi connectivity index (χ2v) is 4.42.